The fourth-order valence-corrected chi connectivity index (χ4v) is 3.06. The molecule has 0 saturated carbocycles. The first-order chi connectivity index (χ1) is 12.7. The Kier molecular flexibility index (Phi) is 5.42. The van der Waals surface area contributed by atoms with Gasteiger partial charge in [-0.05, 0) is 47.0 Å². The summed E-state index contributed by atoms with van der Waals surface area (Å²) in [5.41, 5.74) is 1.58. The molecule has 0 spiro atoms. The van der Waals surface area contributed by atoms with E-state index in [2.05, 4.69) is 5.32 Å². The third-order valence-corrected chi connectivity index (χ3v) is 4.54. The van der Waals surface area contributed by atoms with Crippen LogP contribution in [0.25, 0.3) is 10.8 Å². The highest BCUT2D eigenvalue weighted by molar-refractivity contribution is 6.01. The van der Waals surface area contributed by atoms with Gasteiger partial charge in [-0.15, -0.1) is 0 Å². The SMILES string of the molecule is CCC(NC(=O)c1cc2ccccc2cc1OC)c1ccc(OC)cc1. The number of ether oxygens (including phenoxy) is 2. The number of benzene rings is 3. The molecule has 0 fully saturated rings. The number of rotatable bonds is 6. The first-order valence-corrected chi connectivity index (χ1v) is 8.67. The fourth-order valence-electron chi connectivity index (χ4n) is 3.06. The van der Waals surface area contributed by atoms with Gasteiger partial charge in [-0.1, -0.05) is 43.3 Å². The van der Waals surface area contributed by atoms with Crippen LogP contribution in [0.3, 0.4) is 0 Å². The largest absolute Gasteiger partial charge is 0.497 e. The van der Waals surface area contributed by atoms with Crippen LogP contribution in [0.2, 0.25) is 0 Å². The lowest BCUT2D eigenvalue weighted by Crippen LogP contribution is -2.28. The second-order valence-corrected chi connectivity index (χ2v) is 6.11. The van der Waals surface area contributed by atoms with Crippen molar-refractivity contribution in [3.05, 3.63) is 71.8 Å². The van der Waals surface area contributed by atoms with Crippen molar-refractivity contribution in [3.8, 4) is 11.5 Å². The molecule has 134 valence electrons. The Balaban J connectivity index is 1.88. The molecule has 3 rings (SSSR count). The van der Waals surface area contributed by atoms with Crippen molar-refractivity contribution >= 4 is 16.7 Å². The van der Waals surface area contributed by atoms with Gasteiger partial charge in [0, 0.05) is 0 Å². The van der Waals surface area contributed by atoms with E-state index in [0.717, 1.165) is 28.5 Å². The van der Waals surface area contributed by atoms with Crippen molar-refractivity contribution in [2.24, 2.45) is 0 Å². The quantitative estimate of drug-likeness (QED) is 0.699. The van der Waals surface area contributed by atoms with Crippen LogP contribution in [0.5, 0.6) is 11.5 Å². The van der Waals surface area contributed by atoms with Gasteiger partial charge < -0.3 is 14.8 Å². The van der Waals surface area contributed by atoms with Gasteiger partial charge >= 0.3 is 0 Å². The average molecular weight is 349 g/mol. The van der Waals surface area contributed by atoms with E-state index < -0.39 is 0 Å². The van der Waals surface area contributed by atoms with E-state index >= 15 is 0 Å². The minimum atomic E-state index is -0.143. The molecule has 0 aliphatic rings. The minimum Gasteiger partial charge on any atom is -0.497 e. The monoisotopic (exact) mass is 349 g/mol. The van der Waals surface area contributed by atoms with Crippen LogP contribution in [0, 0.1) is 0 Å². The highest BCUT2D eigenvalue weighted by Crippen LogP contribution is 2.27. The van der Waals surface area contributed by atoms with Gasteiger partial charge in [0.15, 0.2) is 0 Å². The van der Waals surface area contributed by atoms with Crippen LogP contribution in [-0.4, -0.2) is 20.1 Å². The summed E-state index contributed by atoms with van der Waals surface area (Å²) >= 11 is 0. The number of nitrogens with one attached hydrogen (secondary N) is 1. The standard InChI is InChI=1S/C22H23NO3/c1-4-20(15-9-11-18(25-2)12-10-15)23-22(24)19-13-16-7-5-6-8-17(16)14-21(19)26-3/h5-14,20H,4H2,1-3H3,(H,23,24). The lowest BCUT2D eigenvalue weighted by Gasteiger charge is -2.19. The zero-order valence-corrected chi connectivity index (χ0v) is 15.3. The highest BCUT2D eigenvalue weighted by Gasteiger charge is 2.18. The molecule has 0 aromatic heterocycles. The van der Waals surface area contributed by atoms with Gasteiger partial charge in [-0.3, -0.25) is 4.79 Å². The Morgan fingerprint density at radius 1 is 0.962 bits per heavy atom. The van der Waals surface area contributed by atoms with Gasteiger partial charge in [-0.25, -0.2) is 0 Å². The number of carbonyl (C=O) groups is 1. The number of methoxy groups -OCH3 is 2. The number of carbonyl (C=O) groups excluding carboxylic acids is 1. The molecular formula is C22H23NO3. The number of fused-ring (bicyclic) bond motifs is 1. The predicted molar refractivity (Wildman–Crippen MR) is 104 cm³/mol. The smallest absolute Gasteiger partial charge is 0.255 e. The van der Waals surface area contributed by atoms with Gasteiger partial charge in [0.1, 0.15) is 11.5 Å². The molecule has 1 unspecified atom stereocenters. The summed E-state index contributed by atoms with van der Waals surface area (Å²) in [5, 5.41) is 5.17. The molecule has 1 amide bonds. The van der Waals surface area contributed by atoms with E-state index in [1.165, 1.54) is 0 Å². The summed E-state index contributed by atoms with van der Waals surface area (Å²) < 4.78 is 10.6. The van der Waals surface area contributed by atoms with E-state index in [1.807, 2.05) is 67.6 Å². The third-order valence-electron chi connectivity index (χ3n) is 4.54. The lowest BCUT2D eigenvalue weighted by atomic mass is 10.0. The molecule has 0 saturated heterocycles. The molecule has 0 heterocycles. The Labute approximate surface area is 153 Å². The molecule has 1 N–H and O–H groups in total. The molecule has 1 atom stereocenters. The second-order valence-electron chi connectivity index (χ2n) is 6.11. The van der Waals surface area contributed by atoms with Crippen molar-refractivity contribution in [2.75, 3.05) is 14.2 Å². The average Bonchev–Trinajstić information content (AvgIpc) is 2.70. The summed E-state index contributed by atoms with van der Waals surface area (Å²) in [6, 6.07) is 19.4. The van der Waals surface area contributed by atoms with Crippen molar-refractivity contribution < 1.29 is 14.3 Å². The number of hydrogen-bond donors (Lipinski definition) is 1. The molecule has 0 bridgehead atoms. The predicted octanol–water partition coefficient (Wildman–Crippen LogP) is 4.74. The molecule has 26 heavy (non-hydrogen) atoms. The highest BCUT2D eigenvalue weighted by atomic mass is 16.5. The molecule has 4 nitrogen and oxygen atoms in total. The lowest BCUT2D eigenvalue weighted by molar-refractivity contribution is 0.0932. The number of hydrogen-bond acceptors (Lipinski definition) is 3. The summed E-state index contributed by atoms with van der Waals surface area (Å²) in [5.74, 6) is 1.23. The van der Waals surface area contributed by atoms with E-state index in [4.69, 9.17) is 9.47 Å². The van der Waals surface area contributed by atoms with Crippen LogP contribution in [0.4, 0.5) is 0 Å². The van der Waals surface area contributed by atoms with Crippen LogP contribution in [-0.2, 0) is 0 Å². The third kappa shape index (κ3) is 3.64. The van der Waals surface area contributed by atoms with Crippen molar-refractivity contribution in [3.63, 3.8) is 0 Å². The Morgan fingerprint density at radius 3 is 2.19 bits per heavy atom. The van der Waals surface area contributed by atoms with Crippen molar-refractivity contribution in [2.45, 2.75) is 19.4 Å². The van der Waals surface area contributed by atoms with Crippen LogP contribution >= 0.6 is 0 Å². The maximum absolute atomic E-state index is 12.9. The number of amides is 1. The summed E-state index contributed by atoms with van der Waals surface area (Å²) in [6.07, 6.45) is 0.786. The van der Waals surface area contributed by atoms with E-state index in [1.54, 1.807) is 14.2 Å². The normalized spacial score (nSPS) is 11.8. The molecule has 3 aromatic rings. The van der Waals surface area contributed by atoms with E-state index in [9.17, 15) is 4.79 Å². The van der Waals surface area contributed by atoms with Crippen LogP contribution < -0.4 is 14.8 Å². The topological polar surface area (TPSA) is 47.6 Å². The Morgan fingerprint density at radius 2 is 1.62 bits per heavy atom. The minimum absolute atomic E-state index is 0.0791. The molecule has 0 aliphatic heterocycles. The van der Waals surface area contributed by atoms with Crippen molar-refractivity contribution in [1.29, 1.82) is 0 Å². The summed E-state index contributed by atoms with van der Waals surface area (Å²) in [4.78, 5) is 12.9. The Hall–Kier alpha value is -3.01. The molecule has 4 heteroatoms. The van der Waals surface area contributed by atoms with Gasteiger partial charge in [0.05, 0.1) is 25.8 Å². The van der Waals surface area contributed by atoms with E-state index in [0.29, 0.717) is 11.3 Å². The summed E-state index contributed by atoms with van der Waals surface area (Å²) in [7, 11) is 3.22. The second kappa shape index (κ2) is 7.91. The summed E-state index contributed by atoms with van der Waals surface area (Å²) in [6.45, 7) is 2.05. The molecule has 0 radical (unpaired) electrons. The van der Waals surface area contributed by atoms with Gasteiger partial charge in [0.25, 0.3) is 5.91 Å². The van der Waals surface area contributed by atoms with Gasteiger partial charge in [0.2, 0.25) is 0 Å². The Bertz CT molecular complexity index is 903. The van der Waals surface area contributed by atoms with Crippen LogP contribution in [0.15, 0.2) is 60.7 Å². The maximum atomic E-state index is 12.9. The maximum Gasteiger partial charge on any atom is 0.255 e. The first-order valence-electron chi connectivity index (χ1n) is 8.67. The first kappa shape index (κ1) is 17.8. The molecule has 0 aliphatic carbocycles. The van der Waals surface area contributed by atoms with Crippen LogP contribution in [0.1, 0.15) is 35.3 Å². The zero-order chi connectivity index (χ0) is 18.5. The molecular weight excluding hydrogens is 326 g/mol. The molecule has 3 aromatic carbocycles. The van der Waals surface area contributed by atoms with E-state index in [-0.39, 0.29) is 11.9 Å². The fraction of sp³-hybridized carbons (Fsp3) is 0.227. The zero-order valence-electron chi connectivity index (χ0n) is 15.3. The van der Waals surface area contributed by atoms with Crippen molar-refractivity contribution in [1.82, 2.24) is 5.32 Å². The van der Waals surface area contributed by atoms with Gasteiger partial charge in [-0.2, -0.15) is 0 Å².